The molecule has 1 heteroatoms. The van der Waals surface area contributed by atoms with Crippen molar-refractivity contribution in [1.29, 1.82) is 0 Å². The average Bonchev–Trinajstić information content (AvgIpc) is 2.19. The first kappa shape index (κ1) is 11.7. The van der Waals surface area contributed by atoms with Crippen molar-refractivity contribution in [3.63, 3.8) is 0 Å². The summed E-state index contributed by atoms with van der Waals surface area (Å²) in [6.07, 6.45) is 3.51. The van der Waals surface area contributed by atoms with Gasteiger partial charge in [-0.2, -0.15) is 0 Å². The molecule has 1 aromatic rings. The zero-order chi connectivity index (χ0) is 11.3. The maximum absolute atomic E-state index is 10.8. The summed E-state index contributed by atoms with van der Waals surface area (Å²) >= 11 is 0. The number of carbonyl (C=O) groups excluding carboxylic acids is 1. The van der Waals surface area contributed by atoms with Gasteiger partial charge in [-0.25, -0.2) is 0 Å². The van der Waals surface area contributed by atoms with E-state index in [1.807, 2.05) is 6.08 Å². The van der Waals surface area contributed by atoms with Gasteiger partial charge in [-0.3, -0.25) is 4.79 Å². The molecule has 0 aliphatic rings. The van der Waals surface area contributed by atoms with E-state index >= 15 is 0 Å². The molecule has 0 N–H and O–H groups in total. The largest absolute Gasteiger partial charge is 0.300 e. The van der Waals surface area contributed by atoms with Crippen LogP contribution in [0.1, 0.15) is 31.4 Å². The van der Waals surface area contributed by atoms with Crippen molar-refractivity contribution in [2.75, 3.05) is 0 Å². The summed E-state index contributed by atoms with van der Waals surface area (Å²) in [6.45, 7) is 5.78. The second kappa shape index (κ2) is 5.50. The highest BCUT2D eigenvalue weighted by molar-refractivity contribution is 5.77. The molecular formula is C14H18O. The molecule has 15 heavy (non-hydrogen) atoms. The van der Waals surface area contributed by atoms with E-state index in [0.29, 0.717) is 6.42 Å². The van der Waals surface area contributed by atoms with E-state index in [4.69, 9.17) is 0 Å². The Bertz CT molecular complexity index is 357. The Hall–Kier alpha value is -1.37. The molecule has 0 spiro atoms. The van der Waals surface area contributed by atoms with Crippen LogP contribution in [0.5, 0.6) is 0 Å². The molecule has 80 valence electrons. The Morgan fingerprint density at radius 1 is 1.20 bits per heavy atom. The lowest BCUT2D eigenvalue weighted by Gasteiger charge is -2.02. The third-order valence-electron chi connectivity index (χ3n) is 2.34. The van der Waals surface area contributed by atoms with E-state index in [0.717, 1.165) is 6.42 Å². The second-order valence-electron chi connectivity index (χ2n) is 4.12. The van der Waals surface area contributed by atoms with E-state index in [-0.39, 0.29) is 5.78 Å². The highest BCUT2D eigenvalue weighted by atomic mass is 16.1. The van der Waals surface area contributed by atoms with Crippen molar-refractivity contribution in [2.45, 2.75) is 33.6 Å². The fourth-order valence-electron chi connectivity index (χ4n) is 1.42. The maximum Gasteiger partial charge on any atom is 0.133 e. The zero-order valence-corrected chi connectivity index (χ0v) is 9.71. The van der Waals surface area contributed by atoms with Crippen molar-refractivity contribution in [2.24, 2.45) is 0 Å². The number of ketones is 1. The molecule has 1 nitrogen and oxygen atoms in total. The third kappa shape index (κ3) is 4.59. The number of hydrogen-bond acceptors (Lipinski definition) is 1. The number of carbonyl (C=O) groups is 1. The van der Waals surface area contributed by atoms with E-state index in [2.05, 4.69) is 38.1 Å². The lowest BCUT2D eigenvalue weighted by molar-refractivity contribution is -0.116. The van der Waals surface area contributed by atoms with Crippen molar-refractivity contribution in [3.05, 3.63) is 47.0 Å². The predicted molar refractivity (Wildman–Crippen MR) is 63.9 cm³/mol. The molecule has 0 bridgehead atoms. The van der Waals surface area contributed by atoms with Gasteiger partial charge in [0.1, 0.15) is 5.78 Å². The van der Waals surface area contributed by atoms with Gasteiger partial charge < -0.3 is 0 Å². The normalized spacial score (nSPS) is 11.5. The standard InChI is InChI=1S/C14H18O/c1-11-5-8-14(9-6-11)10-12(2)4-7-13(3)15/h4-6,8-9H,7,10H2,1-3H3. The quantitative estimate of drug-likeness (QED) is 0.683. The number of hydrogen-bond donors (Lipinski definition) is 0. The molecule has 0 heterocycles. The highest BCUT2D eigenvalue weighted by Crippen LogP contribution is 2.09. The minimum atomic E-state index is 0.221. The molecule has 0 aliphatic carbocycles. The van der Waals surface area contributed by atoms with Crippen LogP contribution in [0.15, 0.2) is 35.9 Å². The van der Waals surface area contributed by atoms with Crippen molar-refractivity contribution in [1.82, 2.24) is 0 Å². The van der Waals surface area contributed by atoms with Gasteiger partial charge in [-0.05, 0) is 32.8 Å². The Balaban J connectivity index is 2.58. The van der Waals surface area contributed by atoms with Crippen LogP contribution in [0.4, 0.5) is 0 Å². The molecular weight excluding hydrogens is 184 g/mol. The summed E-state index contributed by atoms with van der Waals surface area (Å²) in [5.74, 6) is 0.221. The number of allylic oxidation sites excluding steroid dienone is 2. The van der Waals surface area contributed by atoms with Gasteiger partial charge in [0.2, 0.25) is 0 Å². The van der Waals surface area contributed by atoms with Crippen LogP contribution in [0.25, 0.3) is 0 Å². The SMILES string of the molecule is CC(=O)CC=C(C)Cc1ccc(C)cc1. The number of benzene rings is 1. The van der Waals surface area contributed by atoms with E-state index in [1.165, 1.54) is 16.7 Å². The lowest BCUT2D eigenvalue weighted by Crippen LogP contribution is -1.90. The van der Waals surface area contributed by atoms with Gasteiger partial charge in [0.05, 0.1) is 0 Å². The molecule has 0 saturated carbocycles. The Labute approximate surface area is 91.8 Å². The minimum absolute atomic E-state index is 0.221. The number of Topliss-reactive ketones (excluding diaryl/α,β-unsaturated/α-hetero) is 1. The van der Waals surface area contributed by atoms with Gasteiger partial charge in [-0.15, -0.1) is 0 Å². The summed E-state index contributed by atoms with van der Waals surface area (Å²) < 4.78 is 0. The van der Waals surface area contributed by atoms with Crippen LogP contribution in [-0.4, -0.2) is 5.78 Å². The van der Waals surface area contributed by atoms with Crippen molar-refractivity contribution in [3.8, 4) is 0 Å². The van der Waals surface area contributed by atoms with Gasteiger partial charge in [0, 0.05) is 6.42 Å². The molecule has 0 fully saturated rings. The molecule has 0 amide bonds. The van der Waals surface area contributed by atoms with Gasteiger partial charge in [-0.1, -0.05) is 41.5 Å². The second-order valence-corrected chi connectivity index (χ2v) is 4.12. The van der Waals surface area contributed by atoms with Crippen molar-refractivity contribution >= 4 is 5.78 Å². The van der Waals surface area contributed by atoms with E-state index in [1.54, 1.807) is 6.92 Å². The van der Waals surface area contributed by atoms with Gasteiger partial charge >= 0.3 is 0 Å². The van der Waals surface area contributed by atoms with Crippen LogP contribution in [0, 0.1) is 6.92 Å². The zero-order valence-electron chi connectivity index (χ0n) is 9.71. The molecule has 0 atom stereocenters. The summed E-state index contributed by atoms with van der Waals surface area (Å²) in [5.41, 5.74) is 3.84. The molecule has 0 aliphatic heterocycles. The fourth-order valence-corrected chi connectivity index (χ4v) is 1.42. The van der Waals surface area contributed by atoms with Crippen LogP contribution in [-0.2, 0) is 11.2 Å². The van der Waals surface area contributed by atoms with Crippen LogP contribution in [0.3, 0.4) is 0 Å². The monoisotopic (exact) mass is 202 g/mol. The van der Waals surface area contributed by atoms with Gasteiger partial charge in [0.15, 0.2) is 0 Å². The van der Waals surface area contributed by atoms with Crippen LogP contribution in [0.2, 0.25) is 0 Å². The number of aryl methyl sites for hydroxylation is 1. The molecule has 0 unspecified atom stereocenters. The van der Waals surface area contributed by atoms with E-state index < -0.39 is 0 Å². The van der Waals surface area contributed by atoms with Crippen LogP contribution >= 0.6 is 0 Å². The number of rotatable bonds is 4. The summed E-state index contributed by atoms with van der Waals surface area (Å²) in [4.78, 5) is 10.8. The summed E-state index contributed by atoms with van der Waals surface area (Å²) in [5, 5.41) is 0. The first-order chi connectivity index (χ1) is 7.08. The first-order valence-corrected chi connectivity index (χ1v) is 5.28. The maximum atomic E-state index is 10.8. The first-order valence-electron chi connectivity index (χ1n) is 5.28. The Kier molecular flexibility index (Phi) is 4.29. The molecule has 1 aromatic carbocycles. The smallest absolute Gasteiger partial charge is 0.133 e. The Morgan fingerprint density at radius 2 is 1.80 bits per heavy atom. The summed E-state index contributed by atoms with van der Waals surface area (Å²) in [7, 11) is 0. The van der Waals surface area contributed by atoms with E-state index in [9.17, 15) is 4.79 Å². The average molecular weight is 202 g/mol. The predicted octanol–water partition coefficient (Wildman–Crippen LogP) is 3.46. The molecule has 0 saturated heterocycles. The van der Waals surface area contributed by atoms with Crippen LogP contribution < -0.4 is 0 Å². The topological polar surface area (TPSA) is 17.1 Å². The fraction of sp³-hybridized carbons (Fsp3) is 0.357. The molecule has 0 aromatic heterocycles. The molecule has 0 radical (unpaired) electrons. The molecule has 1 rings (SSSR count). The summed E-state index contributed by atoms with van der Waals surface area (Å²) in [6, 6.07) is 8.52. The lowest BCUT2D eigenvalue weighted by atomic mass is 10.0. The third-order valence-corrected chi connectivity index (χ3v) is 2.34. The minimum Gasteiger partial charge on any atom is -0.300 e. The Morgan fingerprint density at radius 3 is 2.33 bits per heavy atom. The highest BCUT2D eigenvalue weighted by Gasteiger charge is 1.95. The van der Waals surface area contributed by atoms with Gasteiger partial charge in [0.25, 0.3) is 0 Å². The van der Waals surface area contributed by atoms with Crippen molar-refractivity contribution < 1.29 is 4.79 Å².